The van der Waals surface area contributed by atoms with E-state index in [0.717, 1.165) is 5.75 Å². The summed E-state index contributed by atoms with van der Waals surface area (Å²) in [6.45, 7) is 3.50. The second kappa shape index (κ2) is 6.96. The van der Waals surface area contributed by atoms with Crippen LogP contribution in [0.1, 0.15) is 25.7 Å². The third kappa shape index (κ3) is 2.91. The van der Waals surface area contributed by atoms with E-state index in [9.17, 15) is 9.59 Å². The summed E-state index contributed by atoms with van der Waals surface area (Å²) >= 11 is 1.44. The van der Waals surface area contributed by atoms with Crippen molar-refractivity contribution in [2.75, 3.05) is 10.7 Å². The molecule has 0 saturated carbocycles. The van der Waals surface area contributed by atoms with E-state index in [2.05, 4.69) is 15.1 Å². The maximum absolute atomic E-state index is 12.9. The van der Waals surface area contributed by atoms with Crippen molar-refractivity contribution >= 4 is 23.4 Å². The molecule has 3 heterocycles. The molecule has 7 nitrogen and oxygen atoms in total. The Bertz CT molecular complexity index is 1070. The number of H-pyrrole nitrogens is 1. The normalized spacial score (nSPS) is 15.2. The standard InChI is InChI=1S/C19H17N5O2S/c1-3-27-19-21-17(26)16-13-8-4-5-10-15(13)23(12(2)25)18(24(16)22-19)14-9-6-7-11-20-14/h4-11,18H,3H2,1-2H3/p+1/t18-/m0/s1. The van der Waals surface area contributed by atoms with Crippen LogP contribution < -0.4 is 15.1 Å². The molecule has 3 aromatic rings. The number of hydrogen-bond acceptors (Lipinski definition) is 5. The molecule has 1 amide bonds. The zero-order valence-corrected chi connectivity index (χ0v) is 15.7. The van der Waals surface area contributed by atoms with Crippen molar-refractivity contribution in [3.05, 3.63) is 64.7 Å². The molecule has 0 fully saturated rings. The molecule has 1 aromatic carbocycles. The largest absolute Gasteiger partial charge is 0.325 e. The van der Waals surface area contributed by atoms with E-state index < -0.39 is 6.17 Å². The van der Waals surface area contributed by atoms with Crippen molar-refractivity contribution in [3.63, 3.8) is 0 Å². The number of benzene rings is 1. The fourth-order valence-electron chi connectivity index (χ4n) is 3.31. The molecule has 0 bridgehead atoms. The molecule has 0 aliphatic carbocycles. The number of amides is 1. The molecule has 1 aliphatic rings. The van der Waals surface area contributed by atoms with Gasteiger partial charge in [-0.3, -0.25) is 19.6 Å². The molecule has 0 saturated heterocycles. The first kappa shape index (κ1) is 17.4. The van der Waals surface area contributed by atoms with Crippen LogP contribution in [0.25, 0.3) is 11.3 Å². The van der Waals surface area contributed by atoms with Crippen LogP contribution in [0, 0.1) is 0 Å². The van der Waals surface area contributed by atoms with E-state index in [4.69, 9.17) is 0 Å². The molecule has 1 N–H and O–H groups in total. The summed E-state index contributed by atoms with van der Waals surface area (Å²) in [6.07, 6.45) is 1.04. The number of nitrogens with one attached hydrogen (secondary N) is 1. The number of hydrogen-bond donors (Lipinski definition) is 1. The second-order valence-electron chi connectivity index (χ2n) is 6.02. The molecule has 0 unspecified atom stereocenters. The molecule has 1 aliphatic heterocycles. The number of aromatic amines is 1. The highest BCUT2D eigenvalue weighted by molar-refractivity contribution is 7.99. The van der Waals surface area contributed by atoms with E-state index >= 15 is 0 Å². The van der Waals surface area contributed by atoms with E-state index in [0.29, 0.717) is 27.8 Å². The van der Waals surface area contributed by atoms with Gasteiger partial charge in [0.2, 0.25) is 11.1 Å². The molecule has 0 radical (unpaired) electrons. The van der Waals surface area contributed by atoms with Gasteiger partial charge in [0.05, 0.1) is 11.3 Å². The Hall–Kier alpha value is -3.00. The minimum absolute atomic E-state index is 0.150. The van der Waals surface area contributed by atoms with Gasteiger partial charge in [-0.1, -0.05) is 36.9 Å². The Morgan fingerprint density at radius 3 is 2.74 bits per heavy atom. The Labute approximate surface area is 160 Å². The number of carbonyl (C=O) groups excluding carboxylic acids is 1. The minimum atomic E-state index is -0.632. The van der Waals surface area contributed by atoms with E-state index in [1.165, 1.54) is 18.7 Å². The van der Waals surface area contributed by atoms with Crippen LogP contribution in [0.2, 0.25) is 0 Å². The van der Waals surface area contributed by atoms with Crippen LogP contribution in [0.3, 0.4) is 0 Å². The average molecular weight is 380 g/mol. The third-order valence-corrected chi connectivity index (χ3v) is 5.08. The lowest BCUT2D eigenvalue weighted by molar-refractivity contribution is -0.763. The summed E-state index contributed by atoms with van der Waals surface area (Å²) in [5.41, 5.74) is 2.15. The lowest BCUT2D eigenvalue weighted by atomic mass is 10.0. The number of rotatable bonds is 3. The molecule has 136 valence electrons. The minimum Gasteiger partial charge on any atom is -0.291 e. The molecule has 8 heteroatoms. The van der Waals surface area contributed by atoms with Gasteiger partial charge in [-0.25, -0.2) is 4.90 Å². The Morgan fingerprint density at radius 1 is 1.26 bits per heavy atom. The van der Waals surface area contributed by atoms with Gasteiger partial charge >= 0.3 is 17.4 Å². The van der Waals surface area contributed by atoms with Crippen molar-refractivity contribution in [2.24, 2.45) is 0 Å². The molecule has 27 heavy (non-hydrogen) atoms. The highest BCUT2D eigenvalue weighted by Gasteiger charge is 2.45. The first-order valence-corrected chi connectivity index (χ1v) is 9.59. The van der Waals surface area contributed by atoms with Crippen molar-refractivity contribution in [1.82, 2.24) is 15.1 Å². The smallest absolute Gasteiger partial charge is 0.291 e. The van der Waals surface area contributed by atoms with Crippen LogP contribution in [0.15, 0.2) is 58.6 Å². The van der Waals surface area contributed by atoms with E-state index in [1.807, 2.05) is 49.4 Å². The number of aromatic nitrogens is 4. The molecule has 2 aromatic heterocycles. The fraction of sp³-hybridized carbons (Fsp3) is 0.211. The summed E-state index contributed by atoms with van der Waals surface area (Å²) in [6, 6.07) is 12.9. The third-order valence-electron chi connectivity index (χ3n) is 4.33. The summed E-state index contributed by atoms with van der Waals surface area (Å²) < 4.78 is 1.61. The van der Waals surface area contributed by atoms with Crippen molar-refractivity contribution in [2.45, 2.75) is 25.2 Å². The quantitative estimate of drug-likeness (QED) is 0.556. The van der Waals surface area contributed by atoms with Crippen molar-refractivity contribution < 1.29 is 9.48 Å². The molecular formula is C19H18N5O2S+. The van der Waals surface area contributed by atoms with Crippen LogP contribution in [0.5, 0.6) is 0 Å². The van der Waals surface area contributed by atoms with Crippen molar-refractivity contribution in [1.29, 1.82) is 0 Å². The monoisotopic (exact) mass is 380 g/mol. The van der Waals surface area contributed by atoms with Crippen molar-refractivity contribution in [3.8, 4) is 11.3 Å². The van der Waals surface area contributed by atoms with Crippen LogP contribution in [0.4, 0.5) is 5.69 Å². The Kier molecular flexibility index (Phi) is 4.49. The van der Waals surface area contributed by atoms with Gasteiger partial charge in [-0.05, 0) is 34.7 Å². The number of fused-ring (bicyclic) bond motifs is 3. The van der Waals surface area contributed by atoms with Gasteiger partial charge < -0.3 is 0 Å². The summed E-state index contributed by atoms with van der Waals surface area (Å²) in [5.74, 6) is 0.617. The highest BCUT2D eigenvalue weighted by Crippen LogP contribution is 2.36. The van der Waals surface area contributed by atoms with Gasteiger partial charge in [0.25, 0.3) is 0 Å². The summed E-state index contributed by atoms with van der Waals surface area (Å²) in [7, 11) is 0. The van der Waals surface area contributed by atoms with Gasteiger partial charge in [0.15, 0.2) is 0 Å². The lowest BCUT2D eigenvalue weighted by Gasteiger charge is -2.30. The number of nitrogens with zero attached hydrogens (tertiary/aromatic N) is 4. The second-order valence-corrected chi connectivity index (χ2v) is 7.27. The highest BCUT2D eigenvalue weighted by atomic mass is 32.2. The van der Waals surface area contributed by atoms with E-state index in [1.54, 1.807) is 15.8 Å². The number of para-hydroxylation sites is 1. The molecular weight excluding hydrogens is 362 g/mol. The maximum Gasteiger partial charge on any atom is 0.325 e. The zero-order chi connectivity index (χ0) is 19.0. The van der Waals surface area contributed by atoms with Gasteiger partial charge in [0, 0.05) is 18.2 Å². The first-order valence-electron chi connectivity index (χ1n) is 8.61. The number of thioether (sulfide) groups is 1. The number of pyridine rings is 1. The van der Waals surface area contributed by atoms with Gasteiger partial charge in [-0.2, -0.15) is 0 Å². The maximum atomic E-state index is 12.9. The molecule has 1 atom stereocenters. The first-order chi connectivity index (χ1) is 13.1. The summed E-state index contributed by atoms with van der Waals surface area (Å²) in [4.78, 5) is 34.5. The average Bonchev–Trinajstić information content (AvgIpc) is 2.67. The Balaban J connectivity index is 2.07. The fourth-order valence-corrected chi connectivity index (χ4v) is 3.89. The summed E-state index contributed by atoms with van der Waals surface area (Å²) in [5, 5.41) is 5.15. The van der Waals surface area contributed by atoms with E-state index in [-0.39, 0.29) is 11.5 Å². The van der Waals surface area contributed by atoms with Gasteiger partial charge in [-0.15, -0.1) is 0 Å². The predicted octanol–water partition coefficient (Wildman–Crippen LogP) is 2.14. The van der Waals surface area contributed by atoms with Crippen LogP contribution in [-0.2, 0) is 4.79 Å². The SMILES string of the molecule is CCSc1n[n+]2c(c(=O)[nH]1)-c1ccccc1N(C(C)=O)[C@@H]2c1ccccn1. The Morgan fingerprint density at radius 2 is 2.04 bits per heavy atom. The van der Waals surface area contributed by atoms with Crippen LogP contribution in [-0.4, -0.2) is 26.7 Å². The lowest BCUT2D eigenvalue weighted by Crippen LogP contribution is -2.60. The van der Waals surface area contributed by atoms with Gasteiger partial charge in [0.1, 0.15) is 5.69 Å². The topological polar surface area (TPSA) is 82.8 Å². The zero-order valence-electron chi connectivity index (χ0n) is 14.9. The predicted molar refractivity (Wildman–Crippen MR) is 102 cm³/mol. The number of anilines is 1. The number of carbonyl (C=O) groups is 1. The van der Waals surface area contributed by atoms with Crippen LogP contribution >= 0.6 is 11.8 Å². The molecule has 0 spiro atoms. The molecule has 4 rings (SSSR count).